The van der Waals surface area contributed by atoms with Gasteiger partial charge >= 0.3 is 0 Å². The first kappa shape index (κ1) is 12.2. The van der Waals surface area contributed by atoms with E-state index in [4.69, 9.17) is 10.3 Å². The second-order valence-electron chi connectivity index (χ2n) is 4.45. The van der Waals surface area contributed by atoms with Gasteiger partial charge in [0.05, 0.1) is 10.5 Å². The van der Waals surface area contributed by atoms with Gasteiger partial charge < -0.3 is 10.3 Å². The Kier molecular flexibility index (Phi) is 2.84. The van der Waals surface area contributed by atoms with E-state index in [1.807, 2.05) is 0 Å². The summed E-state index contributed by atoms with van der Waals surface area (Å²) < 4.78 is 5.07. The van der Waals surface area contributed by atoms with E-state index in [1.165, 1.54) is 12.1 Å². The zero-order valence-corrected chi connectivity index (χ0v) is 9.95. The van der Waals surface area contributed by atoms with E-state index >= 15 is 0 Å². The van der Waals surface area contributed by atoms with Crippen LogP contribution in [0.3, 0.4) is 0 Å². The van der Waals surface area contributed by atoms with Crippen LogP contribution in [0.1, 0.15) is 19.7 Å². The third kappa shape index (κ3) is 2.35. The predicted molar refractivity (Wildman–Crippen MR) is 63.6 cm³/mol. The first-order valence-corrected chi connectivity index (χ1v) is 5.26. The van der Waals surface area contributed by atoms with Crippen molar-refractivity contribution in [1.82, 2.24) is 10.1 Å². The molecule has 0 bridgehead atoms. The molecule has 0 aliphatic carbocycles. The molecule has 1 aromatic carbocycles. The zero-order chi connectivity index (χ0) is 13.3. The monoisotopic (exact) mass is 248 g/mol. The molecule has 0 saturated carbocycles. The molecule has 0 saturated heterocycles. The van der Waals surface area contributed by atoms with E-state index in [0.717, 1.165) is 0 Å². The number of non-ortho nitro benzene ring substituents is 1. The van der Waals surface area contributed by atoms with Crippen LogP contribution in [0.4, 0.5) is 5.69 Å². The Balaban J connectivity index is 2.32. The summed E-state index contributed by atoms with van der Waals surface area (Å²) in [7, 11) is 0. The lowest BCUT2D eigenvalue weighted by Gasteiger charge is -2.11. The van der Waals surface area contributed by atoms with E-state index in [9.17, 15) is 10.1 Å². The van der Waals surface area contributed by atoms with Crippen molar-refractivity contribution in [3.8, 4) is 11.5 Å². The van der Waals surface area contributed by atoms with Crippen LogP contribution in [0.2, 0.25) is 0 Å². The molecule has 18 heavy (non-hydrogen) atoms. The minimum absolute atomic E-state index is 0.0117. The fourth-order valence-corrected chi connectivity index (χ4v) is 1.33. The summed E-state index contributed by atoms with van der Waals surface area (Å²) in [6.45, 7) is 3.52. The maximum atomic E-state index is 10.5. The van der Waals surface area contributed by atoms with Gasteiger partial charge in [-0.15, -0.1) is 0 Å². The van der Waals surface area contributed by atoms with E-state index in [-0.39, 0.29) is 5.69 Å². The predicted octanol–water partition coefficient (Wildman–Crippen LogP) is 1.84. The zero-order valence-electron chi connectivity index (χ0n) is 9.95. The normalized spacial score (nSPS) is 11.5. The minimum atomic E-state index is -0.692. The summed E-state index contributed by atoms with van der Waals surface area (Å²) >= 11 is 0. The summed E-state index contributed by atoms with van der Waals surface area (Å²) in [5.74, 6) is 0.675. The second kappa shape index (κ2) is 4.19. The highest BCUT2D eigenvalue weighted by molar-refractivity contribution is 5.55. The van der Waals surface area contributed by atoms with E-state index in [2.05, 4.69) is 10.1 Å². The summed E-state index contributed by atoms with van der Waals surface area (Å²) in [6.07, 6.45) is 0. The number of nitro benzene ring substituents is 1. The number of hydrogen-bond acceptors (Lipinski definition) is 6. The molecule has 1 heterocycles. The Bertz CT molecular complexity index is 569. The van der Waals surface area contributed by atoms with Crippen LogP contribution in [0.25, 0.3) is 11.5 Å². The van der Waals surface area contributed by atoms with E-state index < -0.39 is 10.5 Å². The van der Waals surface area contributed by atoms with Gasteiger partial charge in [-0.2, -0.15) is 4.98 Å². The van der Waals surface area contributed by atoms with Crippen molar-refractivity contribution < 1.29 is 9.45 Å². The molecule has 94 valence electrons. The summed E-state index contributed by atoms with van der Waals surface area (Å²) in [6, 6.07) is 5.87. The van der Waals surface area contributed by atoms with Gasteiger partial charge in [0.15, 0.2) is 5.82 Å². The molecule has 0 unspecified atom stereocenters. The van der Waals surface area contributed by atoms with Crippen molar-refractivity contribution >= 4 is 5.69 Å². The molecule has 0 atom stereocenters. The molecule has 0 spiro atoms. The molecule has 0 radical (unpaired) electrons. The second-order valence-corrected chi connectivity index (χ2v) is 4.45. The number of hydrogen-bond donors (Lipinski definition) is 1. The van der Waals surface area contributed by atoms with Gasteiger partial charge in [-0.3, -0.25) is 10.1 Å². The molecule has 0 amide bonds. The number of nitro groups is 1. The maximum absolute atomic E-state index is 10.5. The maximum Gasteiger partial charge on any atom is 0.269 e. The largest absolute Gasteiger partial charge is 0.334 e. The quantitative estimate of drug-likeness (QED) is 0.655. The topological polar surface area (TPSA) is 108 Å². The fourth-order valence-electron chi connectivity index (χ4n) is 1.33. The lowest BCUT2D eigenvalue weighted by atomic mass is 10.1. The van der Waals surface area contributed by atoms with Crippen molar-refractivity contribution in [2.75, 3.05) is 0 Å². The molecule has 7 heteroatoms. The third-order valence-corrected chi connectivity index (χ3v) is 2.33. The van der Waals surface area contributed by atoms with Gasteiger partial charge in [-0.1, -0.05) is 5.16 Å². The Morgan fingerprint density at radius 2 is 1.94 bits per heavy atom. The Morgan fingerprint density at radius 1 is 1.33 bits per heavy atom. The van der Waals surface area contributed by atoms with Gasteiger partial charge in [-0.25, -0.2) is 0 Å². The lowest BCUT2D eigenvalue weighted by Crippen LogP contribution is -2.30. The average Bonchev–Trinajstić information content (AvgIpc) is 2.78. The van der Waals surface area contributed by atoms with Crippen LogP contribution in [0.15, 0.2) is 28.8 Å². The highest BCUT2D eigenvalue weighted by Crippen LogP contribution is 2.22. The van der Waals surface area contributed by atoms with E-state index in [1.54, 1.807) is 26.0 Å². The molecule has 0 aliphatic rings. The van der Waals surface area contributed by atoms with Crippen molar-refractivity contribution in [2.24, 2.45) is 5.73 Å². The van der Waals surface area contributed by atoms with Crippen LogP contribution >= 0.6 is 0 Å². The number of aromatic nitrogens is 2. The van der Waals surface area contributed by atoms with Gasteiger partial charge in [0.2, 0.25) is 0 Å². The van der Waals surface area contributed by atoms with Crippen LogP contribution in [-0.2, 0) is 5.54 Å². The van der Waals surface area contributed by atoms with Crippen molar-refractivity contribution in [3.05, 3.63) is 40.2 Å². The molecular formula is C11H12N4O3. The molecule has 2 rings (SSSR count). The van der Waals surface area contributed by atoms with Crippen LogP contribution < -0.4 is 5.73 Å². The fraction of sp³-hybridized carbons (Fsp3) is 0.273. The van der Waals surface area contributed by atoms with Gasteiger partial charge in [-0.05, 0) is 26.0 Å². The average molecular weight is 248 g/mol. The number of rotatable bonds is 3. The molecular weight excluding hydrogens is 236 g/mol. The van der Waals surface area contributed by atoms with Crippen molar-refractivity contribution in [1.29, 1.82) is 0 Å². The van der Waals surface area contributed by atoms with Crippen molar-refractivity contribution in [2.45, 2.75) is 19.4 Å². The molecule has 1 aromatic heterocycles. The number of nitrogens with zero attached hydrogens (tertiary/aromatic N) is 3. The highest BCUT2D eigenvalue weighted by atomic mass is 16.6. The summed E-state index contributed by atoms with van der Waals surface area (Å²) in [4.78, 5) is 14.2. The first-order chi connectivity index (χ1) is 8.38. The Morgan fingerprint density at radius 3 is 2.39 bits per heavy atom. The minimum Gasteiger partial charge on any atom is -0.334 e. The van der Waals surface area contributed by atoms with Gasteiger partial charge in [0.1, 0.15) is 0 Å². The Hall–Kier alpha value is -2.28. The third-order valence-electron chi connectivity index (χ3n) is 2.33. The molecule has 2 N–H and O–H groups in total. The van der Waals surface area contributed by atoms with E-state index in [0.29, 0.717) is 17.3 Å². The lowest BCUT2D eigenvalue weighted by molar-refractivity contribution is -0.384. The van der Waals surface area contributed by atoms with Crippen molar-refractivity contribution in [3.63, 3.8) is 0 Å². The summed E-state index contributed by atoms with van der Waals surface area (Å²) in [5, 5.41) is 14.3. The smallest absolute Gasteiger partial charge is 0.269 e. The Labute approximate surface area is 103 Å². The molecule has 0 aliphatic heterocycles. The SMILES string of the molecule is CC(C)(N)c1noc(-c2ccc([N+](=O)[O-])cc2)n1. The number of nitrogens with two attached hydrogens (primary N) is 1. The number of benzene rings is 1. The first-order valence-electron chi connectivity index (χ1n) is 5.26. The molecule has 7 nitrogen and oxygen atoms in total. The van der Waals surface area contributed by atoms with Crippen LogP contribution in [-0.4, -0.2) is 15.1 Å². The van der Waals surface area contributed by atoms with Crippen LogP contribution in [0, 0.1) is 10.1 Å². The summed E-state index contributed by atoms with van der Waals surface area (Å²) in [5.41, 5.74) is 5.77. The molecule has 2 aromatic rings. The highest BCUT2D eigenvalue weighted by Gasteiger charge is 2.22. The standard InChI is InChI=1S/C11H12N4O3/c1-11(2,12)10-13-9(18-14-10)7-3-5-8(6-4-7)15(16)17/h3-6H,12H2,1-2H3. The van der Waals surface area contributed by atoms with Gasteiger partial charge in [0, 0.05) is 17.7 Å². The van der Waals surface area contributed by atoms with Crippen LogP contribution in [0.5, 0.6) is 0 Å². The van der Waals surface area contributed by atoms with Gasteiger partial charge in [0.25, 0.3) is 11.6 Å². The molecule has 0 fully saturated rings.